The summed E-state index contributed by atoms with van der Waals surface area (Å²) in [6.45, 7) is 2.14. The van der Waals surface area contributed by atoms with Gasteiger partial charge in [0, 0.05) is 31.0 Å². The molecule has 5 nitrogen and oxygen atoms in total. The number of anilines is 1. The molecule has 1 heterocycles. The van der Waals surface area contributed by atoms with Crippen LogP contribution in [0.5, 0.6) is 0 Å². The molecule has 25 heavy (non-hydrogen) atoms. The highest BCUT2D eigenvalue weighted by molar-refractivity contribution is 7.12. The molecule has 1 aromatic carbocycles. The van der Waals surface area contributed by atoms with E-state index in [0.29, 0.717) is 29.3 Å². The molecule has 1 fully saturated rings. The second kappa shape index (κ2) is 8.78. The van der Waals surface area contributed by atoms with Crippen LogP contribution in [0.2, 0.25) is 0 Å². The Bertz CT molecular complexity index is 694. The Balaban J connectivity index is 1.38. The molecule has 1 aromatic heterocycles. The van der Waals surface area contributed by atoms with Gasteiger partial charge in [-0.25, -0.2) is 0 Å². The van der Waals surface area contributed by atoms with Crippen molar-refractivity contribution in [1.82, 2.24) is 5.32 Å². The Morgan fingerprint density at radius 3 is 2.60 bits per heavy atom. The van der Waals surface area contributed by atoms with Crippen molar-refractivity contribution in [3.8, 4) is 0 Å². The molecule has 0 saturated heterocycles. The molecule has 0 spiro atoms. The second-order valence-corrected chi connectivity index (χ2v) is 7.08. The normalized spacial score (nSPS) is 13.4. The zero-order valence-corrected chi connectivity index (χ0v) is 14.8. The second-order valence-electron chi connectivity index (χ2n) is 6.14. The number of carbonyl (C=O) groups is 2. The molecular formula is C19H22N2O3S. The highest BCUT2D eigenvalue weighted by Crippen LogP contribution is 2.28. The minimum absolute atomic E-state index is 0.113. The third-order valence-corrected chi connectivity index (χ3v) is 4.82. The summed E-state index contributed by atoms with van der Waals surface area (Å²) >= 11 is 1.39. The van der Waals surface area contributed by atoms with E-state index >= 15 is 0 Å². The molecule has 1 saturated carbocycles. The summed E-state index contributed by atoms with van der Waals surface area (Å²) in [5.74, 6) is 0.519. The first-order chi connectivity index (χ1) is 12.2. The third kappa shape index (κ3) is 5.69. The molecule has 0 atom stereocenters. The van der Waals surface area contributed by atoms with E-state index in [9.17, 15) is 9.59 Å². The Hall–Kier alpha value is -2.18. The summed E-state index contributed by atoms with van der Waals surface area (Å²) in [4.78, 5) is 24.7. The summed E-state index contributed by atoms with van der Waals surface area (Å²) in [6.07, 6.45) is 3.40. The lowest BCUT2D eigenvalue weighted by molar-refractivity contribution is 0.0937. The molecule has 1 aliphatic rings. The number of ether oxygens (including phenoxy) is 1. The van der Waals surface area contributed by atoms with Crippen molar-refractivity contribution in [2.45, 2.75) is 19.3 Å². The first-order valence-corrected chi connectivity index (χ1v) is 9.41. The Morgan fingerprint density at radius 1 is 1.12 bits per heavy atom. The first kappa shape index (κ1) is 17.6. The zero-order chi connectivity index (χ0) is 17.5. The van der Waals surface area contributed by atoms with Gasteiger partial charge in [-0.2, -0.15) is 0 Å². The maximum Gasteiger partial charge on any atom is 0.265 e. The van der Waals surface area contributed by atoms with Gasteiger partial charge in [-0.1, -0.05) is 6.07 Å². The molecule has 2 N–H and O–H groups in total. The van der Waals surface area contributed by atoms with Gasteiger partial charge in [-0.15, -0.1) is 11.3 Å². The van der Waals surface area contributed by atoms with E-state index in [0.717, 1.165) is 18.9 Å². The van der Waals surface area contributed by atoms with Crippen molar-refractivity contribution >= 4 is 28.8 Å². The van der Waals surface area contributed by atoms with E-state index in [4.69, 9.17) is 4.74 Å². The molecule has 2 aromatic rings. The number of hydrogen-bond donors (Lipinski definition) is 2. The van der Waals surface area contributed by atoms with Crippen LogP contribution in [0.15, 0.2) is 41.8 Å². The quantitative estimate of drug-likeness (QED) is 0.674. The lowest BCUT2D eigenvalue weighted by Gasteiger charge is -2.07. The number of thiophene rings is 1. The third-order valence-electron chi connectivity index (χ3n) is 3.95. The van der Waals surface area contributed by atoms with Gasteiger partial charge in [0.15, 0.2) is 0 Å². The molecular weight excluding hydrogens is 336 g/mol. The smallest absolute Gasteiger partial charge is 0.265 e. The Kier molecular flexibility index (Phi) is 6.19. The summed E-state index contributed by atoms with van der Waals surface area (Å²) in [5, 5.41) is 7.56. The molecule has 3 rings (SSSR count). The van der Waals surface area contributed by atoms with Crippen molar-refractivity contribution in [3.05, 3.63) is 52.2 Å². The molecule has 0 bridgehead atoms. The van der Waals surface area contributed by atoms with Gasteiger partial charge in [0.25, 0.3) is 11.8 Å². The van der Waals surface area contributed by atoms with E-state index in [1.807, 2.05) is 11.4 Å². The maximum atomic E-state index is 12.1. The highest BCUT2D eigenvalue weighted by Gasteiger charge is 2.20. The fourth-order valence-electron chi connectivity index (χ4n) is 2.32. The predicted octanol–water partition coefficient (Wildman–Crippen LogP) is 3.55. The van der Waals surface area contributed by atoms with Crippen LogP contribution in [0.4, 0.5) is 5.69 Å². The number of hydrogen-bond acceptors (Lipinski definition) is 4. The molecule has 0 aliphatic heterocycles. The van der Waals surface area contributed by atoms with Crippen LogP contribution in [0.1, 0.15) is 39.3 Å². The average Bonchev–Trinajstić information content (AvgIpc) is 3.28. The molecule has 0 radical (unpaired) electrons. The topological polar surface area (TPSA) is 67.4 Å². The van der Waals surface area contributed by atoms with Gasteiger partial charge < -0.3 is 15.4 Å². The van der Waals surface area contributed by atoms with Gasteiger partial charge in [0.2, 0.25) is 0 Å². The molecule has 1 aliphatic carbocycles. The zero-order valence-electron chi connectivity index (χ0n) is 14.0. The lowest BCUT2D eigenvalue weighted by atomic mass is 10.2. The fraction of sp³-hybridized carbons (Fsp3) is 0.368. The highest BCUT2D eigenvalue weighted by atomic mass is 32.1. The first-order valence-electron chi connectivity index (χ1n) is 8.53. The van der Waals surface area contributed by atoms with Crippen LogP contribution < -0.4 is 10.6 Å². The monoisotopic (exact) mass is 358 g/mol. The van der Waals surface area contributed by atoms with Crippen molar-refractivity contribution in [3.63, 3.8) is 0 Å². The van der Waals surface area contributed by atoms with Crippen LogP contribution in [-0.4, -0.2) is 31.6 Å². The Labute approximate surface area is 151 Å². The number of carbonyl (C=O) groups excluding carboxylic acids is 2. The molecule has 6 heteroatoms. The maximum absolute atomic E-state index is 12.1. The minimum Gasteiger partial charge on any atom is -0.381 e. The van der Waals surface area contributed by atoms with Gasteiger partial charge in [0.1, 0.15) is 0 Å². The number of rotatable bonds is 9. The lowest BCUT2D eigenvalue weighted by Crippen LogP contribution is -2.25. The summed E-state index contributed by atoms with van der Waals surface area (Å²) in [6, 6.07) is 10.5. The van der Waals surface area contributed by atoms with Crippen LogP contribution in [0.25, 0.3) is 0 Å². The van der Waals surface area contributed by atoms with Crippen molar-refractivity contribution in [1.29, 1.82) is 0 Å². The number of amides is 2. The standard InChI is InChI=1S/C19H22N2O3S/c22-18(20-10-2-11-24-13-14-4-5-14)15-6-8-16(9-7-15)21-19(23)17-3-1-12-25-17/h1,3,6-9,12,14H,2,4-5,10-11,13H2,(H,20,22)(H,21,23). The number of benzene rings is 1. The fourth-order valence-corrected chi connectivity index (χ4v) is 2.94. The SMILES string of the molecule is O=C(NCCCOCC1CC1)c1ccc(NC(=O)c2cccs2)cc1. The van der Waals surface area contributed by atoms with Gasteiger partial charge in [-0.3, -0.25) is 9.59 Å². The van der Waals surface area contributed by atoms with Crippen LogP contribution in [-0.2, 0) is 4.74 Å². The number of nitrogens with one attached hydrogen (secondary N) is 2. The van der Waals surface area contributed by atoms with Crippen LogP contribution >= 0.6 is 11.3 Å². The predicted molar refractivity (Wildman–Crippen MR) is 99.2 cm³/mol. The van der Waals surface area contributed by atoms with Crippen LogP contribution in [0.3, 0.4) is 0 Å². The van der Waals surface area contributed by atoms with Crippen LogP contribution in [0, 0.1) is 5.92 Å². The molecule has 2 amide bonds. The van der Waals surface area contributed by atoms with E-state index in [-0.39, 0.29) is 11.8 Å². The summed E-state index contributed by atoms with van der Waals surface area (Å²) in [7, 11) is 0. The van der Waals surface area contributed by atoms with Gasteiger partial charge >= 0.3 is 0 Å². The van der Waals surface area contributed by atoms with E-state index in [1.165, 1.54) is 24.2 Å². The largest absolute Gasteiger partial charge is 0.381 e. The molecule has 132 valence electrons. The average molecular weight is 358 g/mol. The van der Waals surface area contributed by atoms with Gasteiger partial charge in [-0.05, 0) is 60.9 Å². The van der Waals surface area contributed by atoms with E-state index < -0.39 is 0 Å². The van der Waals surface area contributed by atoms with E-state index in [1.54, 1.807) is 30.3 Å². The molecule has 0 unspecified atom stereocenters. The summed E-state index contributed by atoms with van der Waals surface area (Å²) in [5.41, 5.74) is 1.25. The Morgan fingerprint density at radius 2 is 1.92 bits per heavy atom. The van der Waals surface area contributed by atoms with Crippen molar-refractivity contribution in [2.75, 3.05) is 25.1 Å². The minimum atomic E-state index is -0.140. The van der Waals surface area contributed by atoms with Gasteiger partial charge in [0.05, 0.1) is 4.88 Å². The summed E-state index contributed by atoms with van der Waals surface area (Å²) < 4.78 is 5.54. The van der Waals surface area contributed by atoms with Crippen molar-refractivity contribution in [2.24, 2.45) is 5.92 Å². The van der Waals surface area contributed by atoms with E-state index in [2.05, 4.69) is 10.6 Å². The van der Waals surface area contributed by atoms with Crippen molar-refractivity contribution < 1.29 is 14.3 Å².